The topological polar surface area (TPSA) is 90.1 Å². The lowest BCUT2D eigenvalue weighted by molar-refractivity contribution is -0.116. The molecular formula is C24H22N4O3. The normalized spacial score (nSPS) is 10.6. The molecule has 2 aromatic carbocycles. The molecule has 0 fully saturated rings. The van der Waals surface area contributed by atoms with Crippen molar-refractivity contribution >= 4 is 11.6 Å². The third kappa shape index (κ3) is 5.14. The summed E-state index contributed by atoms with van der Waals surface area (Å²) in [6.45, 7) is 1.92. The fourth-order valence-corrected chi connectivity index (χ4v) is 3.05. The predicted molar refractivity (Wildman–Crippen MR) is 118 cm³/mol. The lowest BCUT2D eigenvalue weighted by Crippen LogP contribution is -2.12. The van der Waals surface area contributed by atoms with Crippen LogP contribution in [0.25, 0.3) is 22.7 Å². The molecule has 4 rings (SSSR count). The first-order chi connectivity index (χ1) is 15.1. The van der Waals surface area contributed by atoms with E-state index in [0.29, 0.717) is 29.6 Å². The Labute approximate surface area is 180 Å². The minimum atomic E-state index is -0.108. The fourth-order valence-electron chi connectivity index (χ4n) is 3.05. The van der Waals surface area contributed by atoms with E-state index in [1.54, 1.807) is 19.5 Å². The van der Waals surface area contributed by atoms with Crippen molar-refractivity contribution in [1.82, 2.24) is 15.0 Å². The molecule has 0 saturated heterocycles. The standard InChI is InChI=1S/C24H22N4O3/c1-16-13-14-25-24(27-16)18-3-7-19(8-4-18)28-22(29)11-12-23-26-15-21(31-23)17-5-9-20(30-2)10-6-17/h3-10,13-15H,11-12H2,1-2H3,(H,28,29). The number of hydrogen-bond acceptors (Lipinski definition) is 6. The number of hydrogen-bond donors (Lipinski definition) is 1. The Balaban J connectivity index is 1.31. The summed E-state index contributed by atoms with van der Waals surface area (Å²) in [5.74, 6) is 2.51. The van der Waals surface area contributed by atoms with Crippen molar-refractivity contribution in [2.45, 2.75) is 19.8 Å². The molecule has 2 aromatic heterocycles. The maximum absolute atomic E-state index is 12.3. The van der Waals surface area contributed by atoms with Gasteiger partial charge < -0.3 is 14.5 Å². The molecule has 7 nitrogen and oxygen atoms in total. The molecular weight excluding hydrogens is 392 g/mol. The van der Waals surface area contributed by atoms with Gasteiger partial charge in [0.15, 0.2) is 17.5 Å². The Morgan fingerprint density at radius 3 is 2.45 bits per heavy atom. The number of oxazole rings is 1. The molecule has 0 radical (unpaired) electrons. The molecule has 156 valence electrons. The quantitative estimate of drug-likeness (QED) is 0.472. The number of nitrogens with one attached hydrogen (secondary N) is 1. The van der Waals surface area contributed by atoms with Crippen LogP contribution in [0.3, 0.4) is 0 Å². The first-order valence-corrected chi connectivity index (χ1v) is 9.90. The molecule has 0 saturated carbocycles. The number of nitrogens with zero attached hydrogens (tertiary/aromatic N) is 3. The second-order valence-corrected chi connectivity index (χ2v) is 6.99. The van der Waals surface area contributed by atoms with Gasteiger partial charge in [-0.15, -0.1) is 0 Å². The average molecular weight is 414 g/mol. The summed E-state index contributed by atoms with van der Waals surface area (Å²) in [6, 6.07) is 16.8. The second kappa shape index (κ2) is 9.21. The number of ether oxygens (including phenoxy) is 1. The highest BCUT2D eigenvalue weighted by Gasteiger charge is 2.10. The second-order valence-electron chi connectivity index (χ2n) is 6.99. The zero-order chi connectivity index (χ0) is 21.6. The fraction of sp³-hybridized carbons (Fsp3) is 0.167. The lowest BCUT2D eigenvalue weighted by Gasteiger charge is -2.06. The van der Waals surface area contributed by atoms with Gasteiger partial charge in [0, 0.05) is 41.5 Å². The Bertz CT molecular complexity index is 1170. The van der Waals surface area contributed by atoms with Crippen LogP contribution in [-0.4, -0.2) is 28.0 Å². The predicted octanol–water partition coefficient (Wildman–Crippen LogP) is 4.69. The number of amides is 1. The minimum absolute atomic E-state index is 0.108. The summed E-state index contributed by atoms with van der Waals surface area (Å²) in [6.07, 6.45) is 4.08. The van der Waals surface area contributed by atoms with Crippen molar-refractivity contribution in [2.75, 3.05) is 12.4 Å². The van der Waals surface area contributed by atoms with Crippen molar-refractivity contribution in [3.63, 3.8) is 0 Å². The smallest absolute Gasteiger partial charge is 0.224 e. The highest BCUT2D eigenvalue weighted by Crippen LogP contribution is 2.23. The maximum Gasteiger partial charge on any atom is 0.224 e. The van der Waals surface area contributed by atoms with Gasteiger partial charge >= 0.3 is 0 Å². The van der Waals surface area contributed by atoms with Crippen LogP contribution in [0.5, 0.6) is 5.75 Å². The molecule has 0 atom stereocenters. The Kier molecular flexibility index (Phi) is 6.03. The van der Waals surface area contributed by atoms with Gasteiger partial charge in [0.2, 0.25) is 5.91 Å². The third-order valence-corrected chi connectivity index (χ3v) is 4.72. The van der Waals surface area contributed by atoms with Crippen LogP contribution in [0.4, 0.5) is 5.69 Å². The van der Waals surface area contributed by atoms with Gasteiger partial charge in [-0.05, 0) is 61.5 Å². The van der Waals surface area contributed by atoms with Gasteiger partial charge in [-0.2, -0.15) is 0 Å². The average Bonchev–Trinajstić information content (AvgIpc) is 3.27. The molecule has 1 amide bonds. The van der Waals surface area contributed by atoms with Crippen molar-refractivity contribution in [3.05, 3.63) is 78.6 Å². The van der Waals surface area contributed by atoms with Gasteiger partial charge in [-0.3, -0.25) is 4.79 Å². The monoisotopic (exact) mass is 414 g/mol. The molecule has 0 aliphatic heterocycles. The Hall–Kier alpha value is -4.00. The molecule has 0 bridgehead atoms. The third-order valence-electron chi connectivity index (χ3n) is 4.72. The van der Waals surface area contributed by atoms with Crippen LogP contribution in [0.1, 0.15) is 18.0 Å². The molecule has 0 aliphatic carbocycles. The van der Waals surface area contributed by atoms with Gasteiger partial charge in [-0.25, -0.2) is 15.0 Å². The highest BCUT2D eigenvalue weighted by atomic mass is 16.5. The van der Waals surface area contributed by atoms with E-state index in [1.165, 1.54) is 0 Å². The van der Waals surface area contributed by atoms with E-state index in [2.05, 4.69) is 20.3 Å². The van der Waals surface area contributed by atoms with Gasteiger partial charge in [0.1, 0.15) is 5.75 Å². The molecule has 2 heterocycles. The van der Waals surface area contributed by atoms with Crippen molar-refractivity contribution in [3.8, 4) is 28.5 Å². The summed E-state index contributed by atoms with van der Waals surface area (Å²) in [4.78, 5) is 25.3. The van der Waals surface area contributed by atoms with Crippen molar-refractivity contribution < 1.29 is 13.9 Å². The summed E-state index contributed by atoms with van der Waals surface area (Å²) >= 11 is 0. The summed E-state index contributed by atoms with van der Waals surface area (Å²) in [5.41, 5.74) is 3.42. The minimum Gasteiger partial charge on any atom is -0.497 e. The Morgan fingerprint density at radius 1 is 1.00 bits per heavy atom. The SMILES string of the molecule is COc1ccc(-c2cnc(CCC(=O)Nc3ccc(-c4nccc(C)n4)cc3)o2)cc1. The van der Waals surface area contributed by atoms with E-state index in [4.69, 9.17) is 9.15 Å². The summed E-state index contributed by atoms with van der Waals surface area (Å²) in [7, 11) is 1.62. The first-order valence-electron chi connectivity index (χ1n) is 9.90. The summed E-state index contributed by atoms with van der Waals surface area (Å²) in [5, 5.41) is 2.89. The molecule has 4 aromatic rings. The Morgan fingerprint density at radius 2 is 1.74 bits per heavy atom. The van der Waals surface area contributed by atoms with Gasteiger partial charge in [-0.1, -0.05) is 0 Å². The number of methoxy groups -OCH3 is 1. The van der Waals surface area contributed by atoms with Crippen LogP contribution >= 0.6 is 0 Å². The van der Waals surface area contributed by atoms with Crippen LogP contribution < -0.4 is 10.1 Å². The molecule has 0 spiro atoms. The van der Waals surface area contributed by atoms with Gasteiger partial charge in [0.05, 0.1) is 13.3 Å². The number of carbonyl (C=O) groups excluding carboxylic acids is 1. The van der Waals surface area contributed by atoms with E-state index in [1.807, 2.05) is 61.5 Å². The number of aryl methyl sites for hydroxylation is 2. The van der Waals surface area contributed by atoms with E-state index in [9.17, 15) is 4.79 Å². The van der Waals surface area contributed by atoms with Crippen LogP contribution in [0, 0.1) is 6.92 Å². The van der Waals surface area contributed by atoms with E-state index < -0.39 is 0 Å². The molecule has 31 heavy (non-hydrogen) atoms. The number of anilines is 1. The van der Waals surface area contributed by atoms with Crippen LogP contribution in [0.2, 0.25) is 0 Å². The zero-order valence-electron chi connectivity index (χ0n) is 17.3. The first kappa shape index (κ1) is 20.3. The van der Waals surface area contributed by atoms with Gasteiger partial charge in [0.25, 0.3) is 0 Å². The number of carbonyl (C=O) groups is 1. The number of benzene rings is 2. The summed E-state index contributed by atoms with van der Waals surface area (Å²) < 4.78 is 10.9. The largest absolute Gasteiger partial charge is 0.497 e. The lowest BCUT2D eigenvalue weighted by atomic mass is 10.2. The molecule has 1 N–H and O–H groups in total. The molecule has 0 aliphatic rings. The number of aromatic nitrogens is 3. The highest BCUT2D eigenvalue weighted by molar-refractivity contribution is 5.91. The maximum atomic E-state index is 12.3. The molecule has 0 unspecified atom stereocenters. The van der Waals surface area contributed by atoms with E-state index in [-0.39, 0.29) is 12.3 Å². The van der Waals surface area contributed by atoms with E-state index >= 15 is 0 Å². The van der Waals surface area contributed by atoms with Crippen molar-refractivity contribution in [2.24, 2.45) is 0 Å². The zero-order valence-corrected chi connectivity index (χ0v) is 17.3. The van der Waals surface area contributed by atoms with Crippen molar-refractivity contribution in [1.29, 1.82) is 0 Å². The van der Waals surface area contributed by atoms with Crippen LogP contribution in [-0.2, 0) is 11.2 Å². The van der Waals surface area contributed by atoms with E-state index in [0.717, 1.165) is 22.6 Å². The van der Waals surface area contributed by atoms with Crippen LogP contribution in [0.15, 0.2) is 71.4 Å². The molecule has 7 heteroatoms. The number of rotatable bonds is 7.